The van der Waals surface area contributed by atoms with Gasteiger partial charge in [-0.05, 0) is 31.6 Å². The second kappa shape index (κ2) is 7.30. The van der Waals surface area contributed by atoms with Gasteiger partial charge in [0, 0.05) is 6.07 Å². The fraction of sp³-hybridized carbons (Fsp3) is 0.500. The number of benzene rings is 1. The number of ether oxygens (including phenoxy) is 1. The molecule has 0 unspecified atom stereocenters. The number of nitrogens with one attached hydrogen (secondary N) is 2. The summed E-state index contributed by atoms with van der Waals surface area (Å²) in [7, 11) is -2.09. The largest absolute Gasteiger partial charge is 0.494 e. The molecule has 5 nitrogen and oxygen atoms in total. The molecule has 0 atom stereocenters. The van der Waals surface area contributed by atoms with Gasteiger partial charge in [0.25, 0.3) is 0 Å². The van der Waals surface area contributed by atoms with Crippen LogP contribution in [-0.2, 0) is 10.0 Å². The van der Waals surface area contributed by atoms with E-state index >= 15 is 0 Å². The molecule has 7 heteroatoms. The van der Waals surface area contributed by atoms with Crippen LogP contribution >= 0.6 is 0 Å². The van der Waals surface area contributed by atoms with Crippen LogP contribution in [0.3, 0.4) is 0 Å². The summed E-state index contributed by atoms with van der Waals surface area (Å²) in [5, 5.41) is 3.05. The molecule has 0 aromatic heterocycles. The molecule has 0 amide bonds. The summed E-state index contributed by atoms with van der Waals surface area (Å²) in [5.41, 5.74) is 0.243. The summed E-state index contributed by atoms with van der Waals surface area (Å²) in [6, 6.07) is 3.66. The molecule has 1 aromatic rings. The van der Waals surface area contributed by atoms with Gasteiger partial charge in [-0.2, -0.15) is 0 Å². The fourth-order valence-corrected chi connectivity index (χ4v) is 2.66. The Hall–Kier alpha value is -1.34. The Morgan fingerprint density at radius 3 is 2.74 bits per heavy atom. The van der Waals surface area contributed by atoms with Crippen LogP contribution in [0.4, 0.5) is 10.1 Å². The third kappa shape index (κ3) is 5.44. The van der Waals surface area contributed by atoms with Gasteiger partial charge < -0.3 is 10.1 Å². The molecular formula is C12H19FN2O3S. The molecule has 19 heavy (non-hydrogen) atoms. The maximum Gasteiger partial charge on any atom is 0.232 e. The molecule has 1 aromatic carbocycles. The monoisotopic (exact) mass is 290 g/mol. The topological polar surface area (TPSA) is 67.4 Å². The van der Waals surface area contributed by atoms with Crippen LogP contribution in [0, 0.1) is 5.82 Å². The van der Waals surface area contributed by atoms with E-state index in [4.69, 9.17) is 4.74 Å². The second-order valence-corrected chi connectivity index (χ2v) is 5.81. The van der Waals surface area contributed by atoms with Gasteiger partial charge in [0.15, 0.2) is 0 Å². The number of halogens is 1. The second-order valence-electron chi connectivity index (χ2n) is 3.97. The van der Waals surface area contributed by atoms with Gasteiger partial charge in [-0.15, -0.1) is 0 Å². The van der Waals surface area contributed by atoms with Gasteiger partial charge in [-0.25, -0.2) is 12.8 Å². The Morgan fingerprint density at radius 2 is 2.11 bits per heavy atom. The molecule has 0 aliphatic carbocycles. The average molecular weight is 290 g/mol. The van der Waals surface area contributed by atoms with Gasteiger partial charge in [0.2, 0.25) is 10.0 Å². The van der Waals surface area contributed by atoms with Crippen LogP contribution in [0.15, 0.2) is 18.2 Å². The lowest BCUT2D eigenvalue weighted by molar-refractivity contribution is 0.413. The van der Waals surface area contributed by atoms with E-state index < -0.39 is 15.8 Å². The van der Waals surface area contributed by atoms with Crippen molar-refractivity contribution in [3.63, 3.8) is 0 Å². The normalized spacial score (nSPS) is 11.3. The predicted octanol–water partition coefficient (Wildman–Crippen LogP) is 1.58. The summed E-state index contributed by atoms with van der Waals surface area (Å²) >= 11 is 0. The van der Waals surface area contributed by atoms with Crippen LogP contribution in [0.25, 0.3) is 0 Å². The highest BCUT2D eigenvalue weighted by atomic mass is 32.2. The molecule has 1 rings (SSSR count). The van der Waals surface area contributed by atoms with Gasteiger partial charge >= 0.3 is 0 Å². The standard InChI is InChI=1S/C12H19FN2O3S/c1-3-14-7-4-8-19(16,17)15-11-6-5-10(13)9-12(11)18-2/h5-6,9,14-15H,3-4,7-8H2,1-2H3. The van der Waals surface area contributed by atoms with Crippen LogP contribution < -0.4 is 14.8 Å². The Bertz CT molecular complexity index is 506. The zero-order valence-corrected chi connectivity index (χ0v) is 11.9. The Balaban J connectivity index is 2.67. The molecule has 0 saturated carbocycles. The van der Waals surface area contributed by atoms with Crippen molar-refractivity contribution >= 4 is 15.7 Å². The molecule has 2 N–H and O–H groups in total. The van der Waals surface area contributed by atoms with Gasteiger partial charge in [-0.3, -0.25) is 4.72 Å². The van der Waals surface area contributed by atoms with Crippen molar-refractivity contribution in [2.75, 3.05) is 30.7 Å². The highest BCUT2D eigenvalue weighted by Crippen LogP contribution is 2.25. The predicted molar refractivity (Wildman–Crippen MR) is 73.5 cm³/mol. The van der Waals surface area contributed by atoms with E-state index in [-0.39, 0.29) is 17.2 Å². The van der Waals surface area contributed by atoms with Gasteiger partial charge in [0.1, 0.15) is 11.6 Å². The molecule has 0 bridgehead atoms. The van der Waals surface area contributed by atoms with Crippen molar-refractivity contribution in [2.45, 2.75) is 13.3 Å². The average Bonchev–Trinajstić information content (AvgIpc) is 2.36. The van der Waals surface area contributed by atoms with Gasteiger partial charge in [-0.1, -0.05) is 6.92 Å². The first-order valence-corrected chi connectivity index (χ1v) is 7.68. The van der Waals surface area contributed by atoms with Crippen molar-refractivity contribution in [1.29, 1.82) is 0 Å². The minimum Gasteiger partial charge on any atom is -0.494 e. The summed E-state index contributed by atoms with van der Waals surface area (Å²) in [6.07, 6.45) is 0.507. The summed E-state index contributed by atoms with van der Waals surface area (Å²) < 4.78 is 44.0. The van der Waals surface area contributed by atoms with E-state index in [1.165, 1.54) is 19.2 Å². The van der Waals surface area contributed by atoms with Crippen LogP contribution in [0.5, 0.6) is 5.75 Å². The lowest BCUT2D eigenvalue weighted by Gasteiger charge is -2.11. The first-order chi connectivity index (χ1) is 8.98. The third-order valence-corrected chi connectivity index (χ3v) is 3.80. The van der Waals surface area contributed by atoms with Crippen molar-refractivity contribution in [1.82, 2.24) is 5.32 Å². The van der Waals surface area contributed by atoms with E-state index in [1.54, 1.807) is 0 Å². The fourth-order valence-electron chi connectivity index (χ4n) is 1.53. The molecular weight excluding hydrogens is 271 g/mol. The quantitative estimate of drug-likeness (QED) is 0.713. The van der Waals surface area contributed by atoms with Gasteiger partial charge in [0.05, 0.1) is 18.6 Å². The highest BCUT2D eigenvalue weighted by Gasteiger charge is 2.13. The molecule has 0 fully saturated rings. The summed E-state index contributed by atoms with van der Waals surface area (Å²) in [6.45, 7) is 3.40. The van der Waals surface area contributed by atoms with Crippen molar-refractivity contribution in [2.24, 2.45) is 0 Å². The van der Waals surface area contributed by atoms with Crippen molar-refractivity contribution < 1.29 is 17.5 Å². The Morgan fingerprint density at radius 1 is 1.37 bits per heavy atom. The smallest absolute Gasteiger partial charge is 0.232 e. The SMILES string of the molecule is CCNCCCS(=O)(=O)Nc1ccc(F)cc1OC. The van der Waals surface area contributed by atoms with E-state index in [0.717, 1.165) is 12.6 Å². The number of hydrogen-bond donors (Lipinski definition) is 2. The molecule has 0 aliphatic heterocycles. The minimum atomic E-state index is -3.45. The Labute approximate surface area is 113 Å². The lowest BCUT2D eigenvalue weighted by atomic mass is 10.3. The minimum absolute atomic E-state index is 0.000527. The first-order valence-electron chi connectivity index (χ1n) is 6.03. The zero-order valence-electron chi connectivity index (χ0n) is 11.1. The highest BCUT2D eigenvalue weighted by molar-refractivity contribution is 7.92. The summed E-state index contributed by atoms with van der Waals surface area (Å²) in [4.78, 5) is 0. The number of sulfonamides is 1. The molecule has 0 aliphatic rings. The van der Waals surface area contributed by atoms with Crippen LogP contribution in [-0.4, -0.2) is 34.4 Å². The zero-order chi connectivity index (χ0) is 14.3. The van der Waals surface area contributed by atoms with Crippen molar-refractivity contribution in [3.8, 4) is 5.75 Å². The number of methoxy groups -OCH3 is 1. The lowest BCUT2D eigenvalue weighted by Crippen LogP contribution is -2.22. The first kappa shape index (κ1) is 15.7. The van der Waals surface area contributed by atoms with E-state index in [0.29, 0.717) is 13.0 Å². The molecule has 108 valence electrons. The molecule has 0 heterocycles. The maximum atomic E-state index is 13.0. The number of rotatable bonds is 8. The maximum absolute atomic E-state index is 13.0. The number of hydrogen-bond acceptors (Lipinski definition) is 4. The van der Waals surface area contributed by atoms with E-state index in [9.17, 15) is 12.8 Å². The summed E-state index contributed by atoms with van der Waals surface area (Å²) in [5.74, 6) is -0.317. The third-order valence-electron chi connectivity index (χ3n) is 2.45. The molecule has 0 radical (unpaired) electrons. The Kier molecular flexibility index (Phi) is 6.04. The van der Waals surface area contributed by atoms with Crippen molar-refractivity contribution in [3.05, 3.63) is 24.0 Å². The van der Waals surface area contributed by atoms with Crippen LogP contribution in [0.1, 0.15) is 13.3 Å². The molecule has 0 saturated heterocycles. The molecule has 0 spiro atoms. The number of anilines is 1. The van der Waals surface area contributed by atoms with E-state index in [1.807, 2.05) is 6.92 Å². The van der Waals surface area contributed by atoms with E-state index in [2.05, 4.69) is 10.0 Å². The van der Waals surface area contributed by atoms with Crippen LogP contribution in [0.2, 0.25) is 0 Å².